The molecule has 1 N–H and O–H groups in total. The summed E-state index contributed by atoms with van der Waals surface area (Å²) in [5, 5.41) is 12.3. The van der Waals surface area contributed by atoms with Crippen LogP contribution >= 0.6 is 11.6 Å². The van der Waals surface area contributed by atoms with E-state index in [0.29, 0.717) is 22.6 Å². The minimum Gasteiger partial charge on any atom is -0.458 e. The zero-order valence-corrected chi connectivity index (χ0v) is 11.4. The third-order valence-corrected chi connectivity index (χ3v) is 5.22. The van der Waals surface area contributed by atoms with Crippen LogP contribution in [0.25, 0.3) is 11.0 Å². The fourth-order valence-corrected chi connectivity index (χ4v) is 4.25. The molecule has 2 nitrogen and oxygen atoms in total. The van der Waals surface area contributed by atoms with E-state index in [4.69, 9.17) is 16.0 Å². The number of fused-ring (bicyclic) bond motifs is 3. The lowest BCUT2D eigenvalue weighted by Crippen LogP contribution is -2.18. The third kappa shape index (κ3) is 1.89. The number of aliphatic hydroxyl groups is 1. The van der Waals surface area contributed by atoms with Gasteiger partial charge in [0.25, 0.3) is 0 Å². The summed E-state index contributed by atoms with van der Waals surface area (Å²) in [5.74, 6) is 2.62. The van der Waals surface area contributed by atoms with Crippen LogP contribution in [-0.4, -0.2) is 5.11 Å². The van der Waals surface area contributed by atoms with Crippen LogP contribution in [0.3, 0.4) is 0 Å². The van der Waals surface area contributed by atoms with Crippen molar-refractivity contribution in [1.82, 2.24) is 0 Å². The van der Waals surface area contributed by atoms with Crippen molar-refractivity contribution in [1.29, 1.82) is 0 Å². The highest BCUT2D eigenvalue weighted by Crippen LogP contribution is 2.52. The summed E-state index contributed by atoms with van der Waals surface area (Å²) in [7, 11) is 0. The number of hydrogen-bond donors (Lipinski definition) is 1. The quantitative estimate of drug-likeness (QED) is 0.872. The van der Waals surface area contributed by atoms with Gasteiger partial charge < -0.3 is 9.52 Å². The molecule has 4 rings (SSSR count). The number of aliphatic hydroxyl groups excluding tert-OH is 1. The second-order valence-electron chi connectivity index (χ2n) is 6.11. The van der Waals surface area contributed by atoms with E-state index < -0.39 is 6.10 Å². The predicted molar refractivity (Wildman–Crippen MR) is 75.1 cm³/mol. The summed E-state index contributed by atoms with van der Waals surface area (Å²) >= 11 is 5.98. The first kappa shape index (κ1) is 11.8. The van der Waals surface area contributed by atoms with Crippen LogP contribution in [0.5, 0.6) is 0 Å². The first-order valence-electron chi connectivity index (χ1n) is 7.08. The molecule has 0 spiro atoms. The molecule has 0 aliphatic heterocycles. The van der Waals surface area contributed by atoms with E-state index in [1.807, 2.05) is 24.3 Å². The average Bonchev–Trinajstić information content (AvgIpc) is 3.11. The molecule has 0 saturated heterocycles. The first-order valence-corrected chi connectivity index (χ1v) is 7.45. The minimum absolute atomic E-state index is 0.384. The summed E-state index contributed by atoms with van der Waals surface area (Å²) in [6.45, 7) is 0. The highest BCUT2D eigenvalue weighted by molar-refractivity contribution is 6.31. The van der Waals surface area contributed by atoms with E-state index in [1.165, 1.54) is 19.3 Å². The van der Waals surface area contributed by atoms with Crippen molar-refractivity contribution in [3.8, 4) is 0 Å². The van der Waals surface area contributed by atoms with Gasteiger partial charge in [-0.25, -0.2) is 0 Å². The molecular weight excluding hydrogens is 260 g/mol. The number of rotatable bonds is 2. The summed E-state index contributed by atoms with van der Waals surface area (Å²) in [4.78, 5) is 0. The van der Waals surface area contributed by atoms with Gasteiger partial charge in [-0.1, -0.05) is 18.0 Å². The Morgan fingerprint density at radius 1 is 1.21 bits per heavy atom. The lowest BCUT2D eigenvalue weighted by atomic mass is 9.84. The highest BCUT2D eigenvalue weighted by atomic mass is 35.5. The number of halogens is 1. The average molecular weight is 277 g/mol. The molecule has 2 fully saturated rings. The Bertz CT molecular complexity index is 618. The Balaban J connectivity index is 1.66. The molecule has 2 bridgehead atoms. The lowest BCUT2D eigenvalue weighted by Gasteiger charge is -2.25. The normalized spacial score (nSPS) is 31.2. The van der Waals surface area contributed by atoms with E-state index in [2.05, 4.69) is 0 Å². The van der Waals surface area contributed by atoms with Crippen LogP contribution in [0.2, 0.25) is 5.02 Å². The van der Waals surface area contributed by atoms with Crippen LogP contribution in [0.15, 0.2) is 28.7 Å². The molecule has 4 atom stereocenters. The van der Waals surface area contributed by atoms with E-state index in [0.717, 1.165) is 23.3 Å². The highest BCUT2D eigenvalue weighted by Gasteiger charge is 2.43. The molecule has 0 radical (unpaired) electrons. The smallest absolute Gasteiger partial charge is 0.134 e. The van der Waals surface area contributed by atoms with Crippen LogP contribution in [0, 0.1) is 17.8 Å². The van der Waals surface area contributed by atoms with Crippen LogP contribution in [0.4, 0.5) is 0 Å². The van der Waals surface area contributed by atoms with Crippen LogP contribution < -0.4 is 0 Å². The van der Waals surface area contributed by atoms with Gasteiger partial charge in [-0.05, 0) is 61.3 Å². The predicted octanol–water partition coefficient (Wildman–Crippen LogP) is 4.56. The maximum Gasteiger partial charge on any atom is 0.134 e. The van der Waals surface area contributed by atoms with Gasteiger partial charge in [-0.3, -0.25) is 0 Å². The molecule has 2 saturated carbocycles. The Labute approximate surface area is 117 Å². The minimum atomic E-state index is -0.457. The first-order chi connectivity index (χ1) is 9.20. The van der Waals surface area contributed by atoms with Crippen molar-refractivity contribution in [2.75, 3.05) is 0 Å². The molecule has 3 heteroatoms. The summed E-state index contributed by atoms with van der Waals surface area (Å²) in [5.41, 5.74) is 0.807. The lowest BCUT2D eigenvalue weighted by molar-refractivity contribution is 0.0573. The largest absolute Gasteiger partial charge is 0.458 e. The SMILES string of the molecule is OC(c1cc2cc(Cl)ccc2o1)C1CC2CCC1C2. The zero-order valence-electron chi connectivity index (χ0n) is 10.7. The molecule has 1 aromatic carbocycles. The van der Waals surface area contributed by atoms with Gasteiger partial charge in [0.2, 0.25) is 0 Å². The van der Waals surface area contributed by atoms with Crippen molar-refractivity contribution in [3.63, 3.8) is 0 Å². The molecule has 2 aliphatic carbocycles. The fraction of sp³-hybridized carbons (Fsp3) is 0.500. The second kappa shape index (κ2) is 4.26. The van der Waals surface area contributed by atoms with E-state index >= 15 is 0 Å². The number of benzene rings is 1. The Hall–Kier alpha value is -0.990. The number of hydrogen-bond acceptors (Lipinski definition) is 2. The maximum absolute atomic E-state index is 10.6. The van der Waals surface area contributed by atoms with Gasteiger partial charge >= 0.3 is 0 Å². The Morgan fingerprint density at radius 2 is 2.11 bits per heavy atom. The number of furan rings is 1. The molecule has 2 aromatic rings. The van der Waals surface area contributed by atoms with E-state index in [1.54, 1.807) is 0 Å². The summed E-state index contributed by atoms with van der Waals surface area (Å²) < 4.78 is 5.80. The van der Waals surface area contributed by atoms with Gasteiger partial charge in [0.1, 0.15) is 17.4 Å². The summed E-state index contributed by atoms with van der Waals surface area (Å²) in [6.07, 6.45) is 4.63. The van der Waals surface area contributed by atoms with Crippen molar-refractivity contribution < 1.29 is 9.52 Å². The van der Waals surface area contributed by atoms with Crippen LogP contribution in [-0.2, 0) is 0 Å². The van der Waals surface area contributed by atoms with Gasteiger partial charge in [-0.15, -0.1) is 0 Å². The van der Waals surface area contributed by atoms with Crippen molar-refractivity contribution in [2.45, 2.75) is 31.8 Å². The van der Waals surface area contributed by atoms with E-state index in [-0.39, 0.29) is 0 Å². The van der Waals surface area contributed by atoms with Crippen molar-refractivity contribution in [2.24, 2.45) is 17.8 Å². The van der Waals surface area contributed by atoms with Gasteiger partial charge in [0.15, 0.2) is 0 Å². The molecule has 0 amide bonds. The van der Waals surface area contributed by atoms with Crippen LogP contribution in [0.1, 0.15) is 37.5 Å². The van der Waals surface area contributed by atoms with E-state index in [9.17, 15) is 5.11 Å². The monoisotopic (exact) mass is 276 g/mol. The molecule has 19 heavy (non-hydrogen) atoms. The zero-order chi connectivity index (χ0) is 13.0. The Kier molecular flexibility index (Phi) is 2.64. The van der Waals surface area contributed by atoms with Gasteiger partial charge in [0, 0.05) is 10.4 Å². The van der Waals surface area contributed by atoms with Crippen molar-refractivity contribution in [3.05, 3.63) is 35.0 Å². The molecular formula is C16H17ClO2. The summed E-state index contributed by atoms with van der Waals surface area (Å²) in [6, 6.07) is 7.52. The molecule has 4 unspecified atom stereocenters. The molecule has 1 heterocycles. The second-order valence-corrected chi connectivity index (χ2v) is 6.55. The maximum atomic E-state index is 10.6. The molecule has 2 aliphatic rings. The third-order valence-electron chi connectivity index (χ3n) is 4.99. The van der Waals surface area contributed by atoms with Gasteiger partial charge in [0.05, 0.1) is 0 Å². The standard InChI is InChI=1S/C16H17ClO2/c17-12-3-4-14-11(7-12)8-15(19-14)16(18)13-6-9-1-2-10(13)5-9/h3-4,7-10,13,16,18H,1-2,5-6H2. The van der Waals surface area contributed by atoms with Gasteiger partial charge in [-0.2, -0.15) is 0 Å². The Morgan fingerprint density at radius 3 is 2.84 bits per heavy atom. The topological polar surface area (TPSA) is 33.4 Å². The fourth-order valence-electron chi connectivity index (χ4n) is 4.07. The molecule has 100 valence electrons. The van der Waals surface area contributed by atoms with Crippen molar-refractivity contribution >= 4 is 22.6 Å². The molecule has 1 aromatic heterocycles.